The molecule has 0 aliphatic carbocycles. The topological polar surface area (TPSA) is 102 Å². The summed E-state index contributed by atoms with van der Waals surface area (Å²) >= 11 is 0. The second-order valence-electron chi connectivity index (χ2n) is 8.55. The zero-order valence-corrected chi connectivity index (χ0v) is 22.1. The van der Waals surface area contributed by atoms with Crippen LogP contribution in [-0.4, -0.2) is 57.3 Å². The van der Waals surface area contributed by atoms with E-state index < -0.39 is 27.5 Å². The van der Waals surface area contributed by atoms with Crippen molar-refractivity contribution in [2.75, 3.05) is 19.0 Å². The predicted molar refractivity (Wildman–Crippen MR) is 143 cm³/mol. The number of aliphatic imine (C=N–C) groups is 1. The molecule has 0 bridgehead atoms. The normalized spacial score (nSPS) is 12.2. The Morgan fingerprint density at radius 1 is 1.18 bits per heavy atom. The van der Waals surface area contributed by atoms with Crippen LogP contribution in [0.15, 0.2) is 60.1 Å². The van der Waals surface area contributed by atoms with Crippen LogP contribution in [-0.2, 0) is 23.8 Å². The van der Waals surface area contributed by atoms with Crippen molar-refractivity contribution in [1.29, 1.82) is 0 Å². The van der Waals surface area contributed by atoms with Crippen LogP contribution in [0.4, 0.5) is 26.0 Å². The van der Waals surface area contributed by atoms with E-state index in [0.29, 0.717) is 11.4 Å². The smallest absolute Gasteiger partial charge is 0.308 e. The zero-order valence-electron chi connectivity index (χ0n) is 21.2. The van der Waals surface area contributed by atoms with Crippen LogP contribution in [0.1, 0.15) is 24.0 Å². The summed E-state index contributed by atoms with van der Waals surface area (Å²) in [5, 5.41) is 4.18. The third kappa shape index (κ3) is 5.24. The van der Waals surface area contributed by atoms with Crippen LogP contribution >= 0.6 is 0 Å². The van der Waals surface area contributed by atoms with Gasteiger partial charge in [0.1, 0.15) is 29.0 Å². The van der Waals surface area contributed by atoms with E-state index >= 15 is 8.78 Å². The first-order chi connectivity index (χ1) is 18.0. The van der Waals surface area contributed by atoms with Gasteiger partial charge in [0.05, 0.1) is 24.1 Å². The molecule has 38 heavy (non-hydrogen) atoms. The molecule has 0 unspecified atom stereocenters. The molecule has 198 valence electrons. The largest absolute Gasteiger partial charge is 0.314 e. The molecule has 0 atom stereocenters. The van der Waals surface area contributed by atoms with Gasteiger partial charge in [-0.2, -0.15) is 17.8 Å². The Balaban J connectivity index is 1.87. The van der Waals surface area contributed by atoms with Gasteiger partial charge in [-0.3, -0.25) is 9.67 Å². The van der Waals surface area contributed by atoms with E-state index in [1.165, 1.54) is 43.5 Å². The summed E-state index contributed by atoms with van der Waals surface area (Å²) in [7, 11) is 0.602. The predicted octanol–water partition coefficient (Wildman–Crippen LogP) is 4.18. The van der Waals surface area contributed by atoms with Crippen molar-refractivity contribution in [2.24, 2.45) is 12.0 Å². The molecular weight excluding hydrogens is 514 g/mol. The molecule has 0 spiro atoms. The molecule has 3 heterocycles. The fourth-order valence-corrected chi connectivity index (χ4v) is 4.67. The SMILES string of the molecule is C=Nc1ccc(N(Cc2nccn2S(=O)(=O)N(C)C)c2c(F)cccc2F)nc1/C=C(\C)c1cnn(C)c1. The fraction of sp³-hybridized carbons (Fsp3) is 0.200. The number of benzene rings is 1. The van der Waals surface area contributed by atoms with Gasteiger partial charge in [-0.15, -0.1) is 0 Å². The van der Waals surface area contributed by atoms with E-state index in [-0.39, 0.29) is 18.2 Å². The lowest BCUT2D eigenvalue weighted by atomic mass is 10.1. The van der Waals surface area contributed by atoms with E-state index in [1.54, 1.807) is 30.1 Å². The number of halogens is 2. The minimum Gasteiger partial charge on any atom is -0.314 e. The van der Waals surface area contributed by atoms with Gasteiger partial charge in [0, 0.05) is 45.3 Å². The monoisotopic (exact) mass is 540 g/mol. The lowest BCUT2D eigenvalue weighted by molar-refractivity contribution is 0.508. The Labute approximate surface area is 219 Å². The maximum Gasteiger partial charge on any atom is 0.308 e. The molecule has 3 aromatic heterocycles. The number of para-hydroxylation sites is 1. The fourth-order valence-electron chi connectivity index (χ4n) is 3.74. The van der Waals surface area contributed by atoms with Gasteiger partial charge in [-0.25, -0.2) is 22.7 Å². The molecule has 4 rings (SSSR count). The quantitative estimate of drug-likeness (QED) is 0.295. The molecule has 0 aliphatic heterocycles. The Hall–Kier alpha value is -4.23. The average molecular weight is 541 g/mol. The van der Waals surface area contributed by atoms with Gasteiger partial charge in [0.2, 0.25) is 0 Å². The lowest BCUT2D eigenvalue weighted by Crippen LogP contribution is -2.31. The first-order valence-corrected chi connectivity index (χ1v) is 12.7. The molecule has 1 aromatic carbocycles. The second kappa shape index (κ2) is 10.6. The molecule has 0 saturated carbocycles. The number of hydrogen-bond donors (Lipinski definition) is 0. The maximum absolute atomic E-state index is 15.0. The Kier molecular flexibility index (Phi) is 7.51. The number of rotatable bonds is 9. The van der Waals surface area contributed by atoms with Crippen LogP contribution in [0.3, 0.4) is 0 Å². The van der Waals surface area contributed by atoms with Crippen molar-refractivity contribution in [3.63, 3.8) is 0 Å². The van der Waals surface area contributed by atoms with E-state index in [1.807, 2.05) is 13.1 Å². The van der Waals surface area contributed by atoms with E-state index in [9.17, 15) is 8.42 Å². The molecule has 0 N–H and O–H groups in total. The number of aromatic nitrogens is 5. The minimum atomic E-state index is -3.95. The highest BCUT2D eigenvalue weighted by Gasteiger charge is 2.26. The van der Waals surface area contributed by atoms with Crippen LogP contribution < -0.4 is 4.90 Å². The van der Waals surface area contributed by atoms with E-state index in [0.717, 1.165) is 31.5 Å². The number of pyridine rings is 1. The number of allylic oxidation sites excluding steroid dienone is 1. The number of nitrogens with zero attached hydrogens (tertiary/aromatic N) is 8. The molecule has 0 amide bonds. The van der Waals surface area contributed by atoms with Gasteiger partial charge < -0.3 is 4.90 Å². The minimum absolute atomic E-state index is 0.0257. The molecule has 10 nitrogen and oxygen atoms in total. The van der Waals surface area contributed by atoms with Crippen LogP contribution in [0, 0.1) is 11.6 Å². The highest BCUT2D eigenvalue weighted by atomic mass is 32.2. The molecule has 13 heteroatoms. The summed E-state index contributed by atoms with van der Waals surface area (Å²) in [5.74, 6) is -1.54. The maximum atomic E-state index is 15.0. The summed E-state index contributed by atoms with van der Waals surface area (Å²) in [6, 6.07) is 6.61. The summed E-state index contributed by atoms with van der Waals surface area (Å²) in [6.45, 7) is 5.16. The molecule has 0 saturated heterocycles. The Morgan fingerprint density at radius 2 is 1.89 bits per heavy atom. The van der Waals surface area contributed by atoms with Crippen molar-refractivity contribution in [3.8, 4) is 0 Å². The van der Waals surface area contributed by atoms with Crippen molar-refractivity contribution < 1.29 is 17.2 Å². The highest BCUT2D eigenvalue weighted by Crippen LogP contribution is 2.34. The van der Waals surface area contributed by atoms with Crippen molar-refractivity contribution in [2.45, 2.75) is 13.5 Å². The zero-order chi connectivity index (χ0) is 27.6. The number of aryl methyl sites for hydroxylation is 1. The van der Waals surface area contributed by atoms with Gasteiger partial charge in [0.15, 0.2) is 0 Å². The first kappa shape index (κ1) is 26.8. The van der Waals surface area contributed by atoms with E-state index in [4.69, 9.17) is 0 Å². The highest BCUT2D eigenvalue weighted by molar-refractivity contribution is 7.87. The standard InChI is InChI=1S/C25H26F2N8O2S/c1-17(18-14-30-33(5)15-18)13-22-21(28-2)9-10-23(31-22)34(25-19(26)7-6-8-20(25)27)16-24-29-11-12-35(24)38(36,37)32(3)4/h6-15H,2,16H2,1,3-5H3/b17-13+. The summed E-state index contributed by atoms with van der Waals surface area (Å²) in [6.07, 6.45) is 7.86. The summed E-state index contributed by atoms with van der Waals surface area (Å²) in [4.78, 5) is 14.1. The molecule has 0 fully saturated rings. The number of anilines is 2. The second-order valence-corrected chi connectivity index (χ2v) is 10.6. The van der Waals surface area contributed by atoms with Crippen molar-refractivity contribution in [1.82, 2.24) is 28.0 Å². The first-order valence-electron chi connectivity index (χ1n) is 11.3. The van der Waals surface area contributed by atoms with Crippen LogP contribution in [0.5, 0.6) is 0 Å². The third-order valence-corrected chi connectivity index (χ3v) is 7.50. The number of imidazole rings is 1. The van der Waals surface area contributed by atoms with Gasteiger partial charge in [0.25, 0.3) is 0 Å². The van der Waals surface area contributed by atoms with Gasteiger partial charge in [-0.1, -0.05) is 6.07 Å². The Morgan fingerprint density at radius 3 is 2.50 bits per heavy atom. The van der Waals surface area contributed by atoms with Gasteiger partial charge >= 0.3 is 10.2 Å². The van der Waals surface area contributed by atoms with Crippen molar-refractivity contribution >= 4 is 45.8 Å². The average Bonchev–Trinajstić information content (AvgIpc) is 3.52. The molecule has 0 radical (unpaired) electrons. The molecular formula is C25H26F2N8O2S. The Bertz CT molecular complexity index is 1610. The van der Waals surface area contributed by atoms with Crippen molar-refractivity contribution in [3.05, 3.63) is 83.8 Å². The summed E-state index contributed by atoms with van der Waals surface area (Å²) in [5.41, 5.74) is 2.11. The summed E-state index contributed by atoms with van der Waals surface area (Å²) < 4.78 is 59.4. The van der Waals surface area contributed by atoms with E-state index in [2.05, 4.69) is 26.8 Å². The third-order valence-electron chi connectivity index (χ3n) is 5.75. The van der Waals surface area contributed by atoms with Gasteiger partial charge in [-0.05, 0) is 49.6 Å². The molecule has 0 aliphatic rings. The van der Waals surface area contributed by atoms with Crippen LogP contribution in [0.2, 0.25) is 0 Å². The lowest BCUT2D eigenvalue weighted by Gasteiger charge is -2.26. The molecule has 4 aromatic rings. The van der Waals surface area contributed by atoms with Crippen LogP contribution in [0.25, 0.3) is 11.6 Å². The number of hydrogen-bond acceptors (Lipinski definition) is 7.